The number of carbonyl (C=O) groups excluding carboxylic acids is 1. The van der Waals surface area contributed by atoms with E-state index in [0.29, 0.717) is 5.69 Å². The zero-order chi connectivity index (χ0) is 17.8. The van der Waals surface area contributed by atoms with Crippen LogP contribution >= 0.6 is 47.0 Å². The largest absolute Gasteiger partial charge is 0.508 e. The van der Waals surface area contributed by atoms with Crippen molar-refractivity contribution < 1.29 is 9.90 Å². The second kappa shape index (κ2) is 7.75. The Morgan fingerprint density at radius 2 is 1.83 bits per heavy atom. The number of nitrogens with one attached hydrogen (secondary N) is 3. The normalized spacial score (nSPS) is 13.1. The van der Waals surface area contributed by atoms with Crippen molar-refractivity contribution in [3.8, 4) is 5.75 Å². The fourth-order valence-electron chi connectivity index (χ4n) is 1.43. The highest BCUT2D eigenvalue weighted by atomic mass is 35.6. The molecule has 0 saturated heterocycles. The molecule has 0 aliphatic carbocycles. The molecule has 0 radical (unpaired) electrons. The van der Waals surface area contributed by atoms with E-state index in [1.807, 2.05) is 0 Å². The summed E-state index contributed by atoms with van der Waals surface area (Å²) < 4.78 is -1.81. The number of aromatic hydroxyl groups is 1. The van der Waals surface area contributed by atoms with Crippen molar-refractivity contribution in [3.05, 3.63) is 24.3 Å². The van der Waals surface area contributed by atoms with Gasteiger partial charge in [0.1, 0.15) is 11.9 Å². The van der Waals surface area contributed by atoms with Gasteiger partial charge in [-0.1, -0.05) is 61.6 Å². The zero-order valence-electron chi connectivity index (χ0n) is 12.8. The molecule has 0 aliphatic rings. The molecule has 9 heteroatoms. The lowest BCUT2D eigenvalue weighted by Crippen LogP contribution is -2.58. The van der Waals surface area contributed by atoms with Gasteiger partial charge in [-0.2, -0.15) is 0 Å². The molecule has 0 aromatic heterocycles. The fourth-order valence-corrected chi connectivity index (χ4v) is 1.99. The Morgan fingerprint density at radius 3 is 2.30 bits per heavy atom. The van der Waals surface area contributed by atoms with Crippen molar-refractivity contribution in [2.24, 2.45) is 5.41 Å². The maximum Gasteiger partial charge on any atom is 0.228 e. The molecule has 1 aromatic carbocycles. The molecule has 128 valence electrons. The predicted molar refractivity (Wildman–Crippen MR) is 99.1 cm³/mol. The molecule has 0 heterocycles. The van der Waals surface area contributed by atoms with Gasteiger partial charge in [0.25, 0.3) is 0 Å². The Labute approximate surface area is 155 Å². The molecule has 1 amide bonds. The van der Waals surface area contributed by atoms with Crippen LogP contribution in [0.5, 0.6) is 5.75 Å². The number of rotatable bonds is 3. The average molecular weight is 399 g/mol. The number of carbonyl (C=O) groups is 1. The number of thiocarbonyl (C=S) groups is 1. The third-order valence-corrected chi connectivity index (χ3v) is 3.54. The first kappa shape index (κ1) is 20.1. The third kappa shape index (κ3) is 6.99. The van der Waals surface area contributed by atoms with Crippen LogP contribution in [-0.2, 0) is 4.79 Å². The molecule has 23 heavy (non-hydrogen) atoms. The van der Waals surface area contributed by atoms with Gasteiger partial charge < -0.3 is 21.1 Å². The molecule has 0 aliphatic heterocycles. The summed E-state index contributed by atoms with van der Waals surface area (Å²) >= 11 is 22.8. The number of amides is 1. The van der Waals surface area contributed by atoms with Gasteiger partial charge in [-0.05, 0) is 24.4 Å². The van der Waals surface area contributed by atoms with Crippen molar-refractivity contribution >= 4 is 63.7 Å². The molecule has 1 atom stereocenters. The number of hydrogen-bond acceptors (Lipinski definition) is 3. The van der Waals surface area contributed by atoms with Crippen LogP contribution < -0.4 is 16.0 Å². The van der Waals surface area contributed by atoms with Crippen LogP contribution in [0.4, 0.5) is 5.69 Å². The van der Waals surface area contributed by atoms with Gasteiger partial charge in [0.15, 0.2) is 5.11 Å². The summed E-state index contributed by atoms with van der Waals surface area (Å²) in [6.07, 6.45) is -1.03. The van der Waals surface area contributed by atoms with Gasteiger partial charge in [-0.25, -0.2) is 0 Å². The molecule has 0 bridgehead atoms. The Morgan fingerprint density at radius 1 is 1.22 bits per heavy atom. The molecular formula is C14H18Cl3N3O2S. The van der Waals surface area contributed by atoms with Crippen LogP contribution in [0.3, 0.4) is 0 Å². The number of phenols is 1. The number of halogens is 3. The summed E-state index contributed by atoms with van der Waals surface area (Å²) in [5.74, 6) is -0.224. The minimum Gasteiger partial charge on any atom is -0.508 e. The SMILES string of the molecule is CC(C)(C)C(=O)N[C@H](NC(=S)Nc1cccc(O)c1)C(Cl)(Cl)Cl. The fraction of sp³-hybridized carbons (Fsp3) is 0.429. The van der Waals surface area contributed by atoms with Crippen molar-refractivity contribution in [1.82, 2.24) is 10.6 Å². The maximum atomic E-state index is 12.1. The van der Waals surface area contributed by atoms with Crippen molar-refractivity contribution in [2.45, 2.75) is 30.7 Å². The van der Waals surface area contributed by atoms with E-state index in [4.69, 9.17) is 47.0 Å². The second-order valence-corrected chi connectivity index (χ2v) is 8.62. The Bertz CT molecular complexity index is 585. The van der Waals surface area contributed by atoms with Crippen LogP contribution in [0.1, 0.15) is 20.8 Å². The van der Waals surface area contributed by atoms with Crippen molar-refractivity contribution in [1.29, 1.82) is 0 Å². The lowest BCUT2D eigenvalue weighted by Gasteiger charge is -2.30. The molecule has 5 nitrogen and oxygen atoms in total. The lowest BCUT2D eigenvalue weighted by atomic mass is 9.95. The quantitative estimate of drug-likeness (QED) is 0.356. The predicted octanol–water partition coefficient (Wildman–Crippen LogP) is 3.54. The van der Waals surface area contributed by atoms with Crippen molar-refractivity contribution in [2.75, 3.05) is 5.32 Å². The number of benzene rings is 1. The first-order valence-electron chi connectivity index (χ1n) is 6.64. The number of hydrogen-bond donors (Lipinski definition) is 4. The van der Waals surface area contributed by atoms with Gasteiger partial charge >= 0.3 is 0 Å². The van der Waals surface area contributed by atoms with Gasteiger partial charge in [0.05, 0.1) is 0 Å². The Hall–Kier alpha value is -0.950. The molecule has 0 spiro atoms. The van der Waals surface area contributed by atoms with E-state index in [-0.39, 0.29) is 16.8 Å². The molecule has 0 unspecified atom stereocenters. The maximum absolute atomic E-state index is 12.1. The van der Waals surface area contributed by atoms with Crippen LogP contribution in [0.2, 0.25) is 0 Å². The summed E-state index contributed by atoms with van der Waals surface area (Å²) in [7, 11) is 0. The topological polar surface area (TPSA) is 73.4 Å². The molecular weight excluding hydrogens is 381 g/mol. The van der Waals surface area contributed by atoms with Crippen LogP contribution in [-0.4, -0.2) is 26.1 Å². The Balaban J connectivity index is 2.78. The van der Waals surface area contributed by atoms with Gasteiger partial charge in [-0.3, -0.25) is 4.79 Å². The van der Waals surface area contributed by atoms with Crippen LogP contribution in [0, 0.1) is 5.41 Å². The van der Waals surface area contributed by atoms with Crippen molar-refractivity contribution in [3.63, 3.8) is 0 Å². The van der Waals surface area contributed by atoms with E-state index >= 15 is 0 Å². The summed E-state index contributed by atoms with van der Waals surface area (Å²) in [6, 6.07) is 6.35. The minimum atomic E-state index is -1.81. The summed E-state index contributed by atoms with van der Waals surface area (Å²) in [5.41, 5.74) is -0.108. The van der Waals surface area contributed by atoms with E-state index < -0.39 is 15.4 Å². The highest BCUT2D eigenvalue weighted by molar-refractivity contribution is 7.80. The molecule has 1 aromatic rings. The van der Waals surface area contributed by atoms with Gasteiger partial charge in [0.2, 0.25) is 9.70 Å². The third-order valence-electron chi connectivity index (χ3n) is 2.66. The first-order chi connectivity index (χ1) is 10.4. The highest BCUT2D eigenvalue weighted by Gasteiger charge is 2.36. The molecule has 1 rings (SSSR count). The second-order valence-electron chi connectivity index (χ2n) is 5.85. The lowest BCUT2D eigenvalue weighted by molar-refractivity contribution is -0.129. The summed E-state index contributed by atoms with van der Waals surface area (Å²) in [4.78, 5) is 12.1. The van der Waals surface area contributed by atoms with Gasteiger partial charge in [0, 0.05) is 17.2 Å². The van der Waals surface area contributed by atoms with E-state index in [0.717, 1.165) is 0 Å². The van der Waals surface area contributed by atoms with E-state index in [1.165, 1.54) is 12.1 Å². The van der Waals surface area contributed by atoms with E-state index in [9.17, 15) is 9.90 Å². The number of anilines is 1. The minimum absolute atomic E-state index is 0.0803. The number of alkyl halides is 3. The highest BCUT2D eigenvalue weighted by Crippen LogP contribution is 2.30. The standard InChI is InChI=1S/C14H18Cl3N3O2S/c1-13(2,3)11(22)19-10(14(15,16)17)20-12(23)18-8-5-4-6-9(21)7-8/h4-7,10,21H,1-3H3,(H,19,22)(H2,18,20,23)/t10-/m1/s1. The molecule has 4 N–H and O–H groups in total. The van der Waals surface area contributed by atoms with Crippen LogP contribution in [0.15, 0.2) is 24.3 Å². The average Bonchev–Trinajstić information content (AvgIpc) is 2.35. The van der Waals surface area contributed by atoms with Crippen LogP contribution in [0.25, 0.3) is 0 Å². The summed E-state index contributed by atoms with van der Waals surface area (Å²) in [5, 5.41) is 17.7. The smallest absolute Gasteiger partial charge is 0.228 e. The first-order valence-corrected chi connectivity index (χ1v) is 8.18. The molecule has 0 saturated carbocycles. The van der Waals surface area contributed by atoms with Gasteiger partial charge in [-0.15, -0.1) is 0 Å². The Kier molecular flexibility index (Phi) is 6.77. The summed E-state index contributed by atoms with van der Waals surface area (Å²) in [6.45, 7) is 5.21. The van der Waals surface area contributed by atoms with E-state index in [1.54, 1.807) is 32.9 Å². The monoisotopic (exact) mass is 397 g/mol. The zero-order valence-corrected chi connectivity index (χ0v) is 15.9. The van der Waals surface area contributed by atoms with E-state index in [2.05, 4.69) is 16.0 Å². The number of phenolic OH excluding ortho intramolecular Hbond substituents is 1. The molecule has 0 fully saturated rings.